The average Bonchev–Trinajstić information content (AvgIpc) is 2.97. The largest absolute Gasteiger partial charge is 0.394 e. The third-order valence-electron chi connectivity index (χ3n) is 5.83. The lowest BCUT2D eigenvalue weighted by molar-refractivity contribution is 0.0128. The van der Waals surface area contributed by atoms with Crippen LogP contribution in [0.5, 0.6) is 0 Å². The van der Waals surface area contributed by atoms with Crippen LogP contribution in [0.25, 0.3) is 0 Å². The number of aliphatic hydroxyl groups is 1. The van der Waals surface area contributed by atoms with Crippen molar-refractivity contribution in [2.75, 3.05) is 26.3 Å². The van der Waals surface area contributed by atoms with Crippen LogP contribution >= 0.6 is 0 Å². The Morgan fingerprint density at radius 2 is 1.88 bits per heavy atom. The zero-order chi connectivity index (χ0) is 17.1. The molecule has 1 aliphatic carbocycles. The molecule has 2 heterocycles. The molecule has 1 unspecified atom stereocenters. The fraction of sp³-hybridized carbons (Fsp3) is 0.476. The molecule has 1 saturated heterocycles. The first-order valence-corrected chi connectivity index (χ1v) is 9.24. The number of nitrogens with zero attached hydrogens (tertiary/aromatic N) is 2. The molecule has 4 rings (SSSR count). The minimum atomic E-state index is 0.0887. The average molecular weight is 338 g/mol. The van der Waals surface area contributed by atoms with Crippen LogP contribution in [0.1, 0.15) is 42.1 Å². The maximum absolute atomic E-state index is 9.12. The SMILES string of the molecule is OCCOC1CC2(CCN(Cc3ccncc3)CC2)c2ccccc21. The number of rotatable bonds is 5. The fourth-order valence-corrected chi connectivity index (χ4v) is 4.54. The quantitative estimate of drug-likeness (QED) is 0.910. The monoisotopic (exact) mass is 338 g/mol. The first-order chi connectivity index (χ1) is 12.3. The van der Waals surface area contributed by atoms with Gasteiger partial charge in [-0.2, -0.15) is 0 Å². The van der Waals surface area contributed by atoms with Gasteiger partial charge in [0.1, 0.15) is 0 Å². The summed E-state index contributed by atoms with van der Waals surface area (Å²) in [5.74, 6) is 0. The second-order valence-electron chi connectivity index (χ2n) is 7.29. The smallest absolute Gasteiger partial charge is 0.0837 e. The summed E-state index contributed by atoms with van der Waals surface area (Å²) in [5, 5.41) is 9.12. The summed E-state index contributed by atoms with van der Waals surface area (Å²) in [6, 6.07) is 13.0. The molecular formula is C21H26N2O2. The molecule has 1 fully saturated rings. The first kappa shape index (κ1) is 16.7. The van der Waals surface area contributed by atoms with E-state index < -0.39 is 0 Å². The van der Waals surface area contributed by atoms with Gasteiger partial charge in [-0.15, -0.1) is 0 Å². The molecule has 2 aromatic rings. The van der Waals surface area contributed by atoms with Gasteiger partial charge in [-0.3, -0.25) is 9.88 Å². The van der Waals surface area contributed by atoms with Gasteiger partial charge < -0.3 is 9.84 Å². The summed E-state index contributed by atoms with van der Waals surface area (Å²) in [6.07, 6.45) is 7.28. The Morgan fingerprint density at radius 3 is 2.64 bits per heavy atom. The molecule has 4 nitrogen and oxygen atoms in total. The molecule has 0 bridgehead atoms. The molecule has 1 N–H and O–H groups in total. The van der Waals surface area contributed by atoms with Crippen molar-refractivity contribution in [2.24, 2.45) is 0 Å². The van der Waals surface area contributed by atoms with Gasteiger partial charge in [-0.1, -0.05) is 24.3 Å². The number of likely N-dealkylation sites (tertiary alicyclic amines) is 1. The predicted molar refractivity (Wildman–Crippen MR) is 97.3 cm³/mol. The number of ether oxygens (including phenoxy) is 1. The third-order valence-corrected chi connectivity index (χ3v) is 5.83. The van der Waals surface area contributed by atoms with Crippen LogP contribution in [0.3, 0.4) is 0 Å². The van der Waals surface area contributed by atoms with E-state index in [1.807, 2.05) is 12.4 Å². The number of benzene rings is 1. The Bertz CT molecular complexity index is 696. The molecule has 25 heavy (non-hydrogen) atoms. The predicted octanol–water partition coefficient (Wildman–Crippen LogP) is 3.07. The maximum atomic E-state index is 9.12. The van der Waals surface area contributed by atoms with Gasteiger partial charge in [0.05, 0.1) is 19.3 Å². The van der Waals surface area contributed by atoms with E-state index in [0.29, 0.717) is 6.61 Å². The second kappa shape index (κ2) is 7.24. The zero-order valence-electron chi connectivity index (χ0n) is 14.6. The lowest BCUT2D eigenvalue weighted by Gasteiger charge is -2.40. The van der Waals surface area contributed by atoms with E-state index in [1.54, 1.807) is 0 Å². The number of aromatic nitrogens is 1. The van der Waals surface area contributed by atoms with Gasteiger partial charge in [-0.25, -0.2) is 0 Å². The number of aliphatic hydroxyl groups excluding tert-OH is 1. The Balaban J connectivity index is 1.47. The van der Waals surface area contributed by atoms with E-state index in [9.17, 15) is 0 Å². The standard InChI is InChI=1S/C21H26N2O2/c24-13-14-25-20-15-21(19-4-2-1-3-18(19)20)7-11-23(12-8-21)16-17-5-9-22-10-6-17/h1-6,9-10,20,24H,7-8,11-16H2. The highest BCUT2D eigenvalue weighted by molar-refractivity contribution is 5.42. The number of piperidine rings is 1. The molecule has 1 atom stereocenters. The Kier molecular flexibility index (Phi) is 4.84. The van der Waals surface area contributed by atoms with Crippen LogP contribution < -0.4 is 0 Å². The van der Waals surface area contributed by atoms with Crippen LogP contribution in [-0.4, -0.2) is 41.3 Å². The number of hydrogen-bond acceptors (Lipinski definition) is 4. The van der Waals surface area contributed by atoms with Crippen molar-refractivity contribution in [3.05, 3.63) is 65.5 Å². The first-order valence-electron chi connectivity index (χ1n) is 9.24. The summed E-state index contributed by atoms with van der Waals surface area (Å²) >= 11 is 0. The minimum Gasteiger partial charge on any atom is -0.394 e. The highest BCUT2D eigenvalue weighted by atomic mass is 16.5. The topological polar surface area (TPSA) is 45.6 Å². The van der Waals surface area contributed by atoms with Crippen molar-refractivity contribution in [3.63, 3.8) is 0 Å². The van der Waals surface area contributed by atoms with E-state index >= 15 is 0 Å². The normalized spacial score (nSPS) is 22.2. The summed E-state index contributed by atoms with van der Waals surface area (Å²) in [7, 11) is 0. The maximum Gasteiger partial charge on any atom is 0.0837 e. The summed E-state index contributed by atoms with van der Waals surface area (Å²) < 4.78 is 5.96. The van der Waals surface area contributed by atoms with Crippen molar-refractivity contribution < 1.29 is 9.84 Å². The highest BCUT2D eigenvalue weighted by Gasteiger charge is 2.45. The Morgan fingerprint density at radius 1 is 1.12 bits per heavy atom. The third kappa shape index (κ3) is 3.34. The van der Waals surface area contributed by atoms with Crippen LogP contribution in [0.15, 0.2) is 48.8 Å². The van der Waals surface area contributed by atoms with Crippen molar-refractivity contribution >= 4 is 0 Å². The number of pyridine rings is 1. The fourth-order valence-electron chi connectivity index (χ4n) is 4.54. The van der Waals surface area contributed by atoms with E-state index in [0.717, 1.165) is 26.1 Å². The Labute approximate surface area is 149 Å². The van der Waals surface area contributed by atoms with Gasteiger partial charge in [0.25, 0.3) is 0 Å². The summed E-state index contributed by atoms with van der Waals surface area (Å²) in [5.41, 5.74) is 4.38. The van der Waals surface area contributed by atoms with Crippen LogP contribution in [-0.2, 0) is 16.7 Å². The molecule has 2 aliphatic rings. The summed E-state index contributed by atoms with van der Waals surface area (Å²) in [6.45, 7) is 3.74. The van der Waals surface area contributed by atoms with E-state index in [2.05, 4.69) is 46.3 Å². The van der Waals surface area contributed by atoms with Crippen molar-refractivity contribution in [1.29, 1.82) is 0 Å². The van der Waals surface area contributed by atoms with Crippen molar-refractivity contribution in [2.45, 2.75) is 37.3 Å². The van der Waals surface area contributed by atoms with Gasteiger partial charge in [0.2, 0.25) is 0 Å². The van der Waals surface area contributed by atoms with E-state index in [1.165, 1.54) is 29.5 Å². The molecule has 1 spiro atoms. The van der Waals surface area contributed by atoms with Crippen molar-refractivity contribution in [1.82, 2.24) is 9.88 Å². The van der Waals surface area contributed by atoms with Gasteiger partial charge in [0, 0.05) is 24.4 Å². The van der Waals surface area contributed by atoms with Gasteiger partial charge in [0.15, 0.2) is 0 Å². The zero-order valence-corrected chi connectivity index (χ0v) is 14.6. The minimum absolute atomic E-state index is 0.0887. The molecule has 0 saturated carbocycles. The molecule has 1 aliphatic heterocycles. The lowest BCUT2D eigenvalue weighted by atomic mass is 9.73. The molecular weight excluding hydrogens is 312 g/mol. The summed E-state index contributed by atoms with van der Waals surface area (Å²) in [4.78, 5) is 6.65. The molecule has 0 radical (unpaired) electrons. The molecule has 1 aromatic heterocycles. The molecule has 1 aromatic carbocycles. The lowest BCUT2D eigenvalue weighted by Crippen LogP contribution is -2.41. The van der Waals surface area contributed by atoms with E-state index in [4.69, 9.17) is 9.84 Å². The Hall–Kier alpha value is -1.75. The van der Waals surface area contributed by atoms with E-state index in [-0.39, 0.29) is 18.1 Å². The van der Waals surface area contributed by atoms with Crippen LogP contribution in [0.4, 0.5) is 0 Å². The van der Waals surface area contributed by atoms with Gasteiger partial charge >= 0.3 is 0 Å². The number of hydrogen-bond donors (Lipinski definition) is 1. The number of fused-ring (bicyclic) bond motifs is 2. The van der Waals surface area contributed by atoms with Gasteiger partial charge in [-0.05, 0) is 61.2 Å². The molecule has 0 amide bonds. The second-order valence-corrected chi connectivity index (χ2v) is 7.29. The molecule has 4 heteroatoms. The highest BCUT2D eigenvalue weighted by Crippen LogP contribution is 2.52. The van der Waals surface area contributed by atoms with Crippen LogP contribution in [0.2, 0.25) is 0 Å². The van der Waals surface area contributed by atoms with Crippen molar-refractivity contribution in [3.8, 4) is 0 Å². The van der Waals surface area contributed by atoms with Crippen LogP contribution in [0, 0.1) is 0 Å². The molecule has 132 valence electrons.